The first-order valence-corrected chi connectivity index (χ1v) is 9.12. The molecule has 0 saturated carbocycles. The van der Waals surface area contributed by atoms with Crippen LogP contribution in [0.2, 0.25) is 0 Å². The lowest BCUT2D eigenvalue weighted by Crippen LogP contribution is -2.10. The SMILES string of the molecule is COc1cc(NC(=O)/C=C/c2ccccc2C(F)(F)F)ccc1C1=CC=C(C)OC1. The molecule has 0 bridgehead atoms. The average Bonchev–Trinajstić information content (AvgIpc) is 2.72. The van der Waals surface area contributed by atoms with E-state index in [1.807, 2.05) is 19.1 Å². The lowest BCUT2D eigenvalue weighted by molar-refractivity contribution is -0.137. The molecule has 156 valence electrons. The molecule has 0 radical (unpaired) electrons. The van der Waals surface area contributed by atoms with Crippen molar-refractivity contribution in [1.82, 2.24) is 0 Å². The standard InChI is InChI=1S/C23H20F3NO3/c1-15-7-8-17(14-30-15)19-11-10-18(13-21(19)29-2)27-22(28)12-9-16-5-3-4-6-20(16)23(24,25)26/h3-13H,14H2,1-2H3,(H,27,28)/b12-9+. The number of anilines is 1. The molecule has 0 unspecified atom stereocenters. The van der Waals surface area contributed by atoms with Crippen molar-refractivity contribution < 1.29 is 27.4 Å². The summed E-state index contributed by atoms with van der Waals surface area (Å²) in [4.78, 5) is 12.2. The molecule has 3 rings (SSSR count). The zero-order valence-corrected chi connectivity index (χ0v) is 16.4. The summed E-state index contributed by atoms with van der Waals surface area (Å²) in [5.41, 5.74) is 1.33. The summed E-state index contributed by atoms with van der Waals surface area (Å²) in [5, 5.41) is 2.63. The molecule has 0 fully saturated rings. The zero-order valence-electron chi connectivity index (χ0n) is 16.4. The van der Waals surface area contributed by atoms with Gasteiger partial charge < -0.3 is 14.8 Å². The van der Waals surface area contributed by atoms with E-state index in [-0.39, 0.29) is 5.56 Å². The molecule has 30 heavy (non-hydrogen) atoms. The van der Waals surface area contributed by atoms with Gasteiger partial charge in [0.05, 0.1) is 18.4 Å². The van der Waals surface area contributed by atoms with Gasteiger partial charge in [0.15, 0.2) is 0 Å². The molecule has 0 aromatic heterocycles. The normalized spacial score (nSPS) is 14.0. The lowest BCUT2D eigenvalue weighted by Gasteiger charge is -2.17. The Balaban J connectivity index is 1.76. The number of hydrogen-bond donors (Lipinski definition) is 1. The Bertz CT molecular complexity index is 1040. The van der Waals surface area contributed by atoms with Crippen molar-refractivity contribution in [2.75, 3.05) is 19.0 Å². The number of rotatable bonds is 5. The van der Waals surface area contributed by atoms with Gasteiger partial charge in [-0.1, -0.05) is 24.3 Å². The molecule has 0 atom stereocenters. The van der Waals surface area contributed by atoms with Gasteiger partial charge in [0.25, 0.3) is 0 Å². The third kappa shape index (κ3) is 5.11. The molecule has 1 heterocycles. The van der Waals surface area contributed by atoms with Crippen molar-refractivity contribution in [2.45, 2.75) is 13.1 Å². The number of allylic oxidation sites excluding steroid dienone is 3. The summed E-state index contributed by atoms with van der Waals surface area (Å²) in [5.74, 6) is 0.808. The number of halogens is 3. The maximum atomic E-state index is 13.1. The Hall–Kier alpha value is -3.48. The van der Waals surface area contributed by atoms with Crippen LogP contribution in [0, 0.1) is 0 Å². The molecule has 0 saturated heterocycles. The van der Waals surface area contributed by atoms with Gasteiger partial charge in [-0.25, -0.2) is 0 Å². The topological polar surface area (TPSA) is 47.6 Å². The van der Waals surface area contributed by atoms with Crippen LogP contribution in [0.3, 0.4) is 0 Å². The van der Waals surface area contributed by atoms with Crippen LogP contribution >= 0.6 is 0 Å². The van der Waals surface area contributed by atoms with Crippen molar-refractivity contribution in [1.29, 1.82) is 0 Å². The first-order chi connectivity index (χ1) is 14.3. The zero-order chi connectivity index (χ0) is 21.7. The fourth-order valence-corrected chi connectivity index (χ4v) is 2.96. The number of carbonyl (C=O) groups excluding carboxylic acids is 1. The Kier molecular flexibility index (Phi) is 6.30. The third-order valence-corrected chi connectivity index (χ3v) is 4.47. The second-order valence-corrected chi connectivity index (χ2v) is 6.58. The summed E-state index contributed by atoms with van der Waals surface area (Å²) in [6.45, 7) is 2.27. The summed E-state index contributed by atoms with van der Waals surface area (Å²) in [6.07, 6.45) is 1.51. The van der Waals surface area contributed by atoms with Gasteiger partial charge in [-0.3, -0.25) is 4.79 Å². The van der Waals surface area contributed by atoms with Crippen molar-refractivity contribution in [2.24, 2.45) is 0 Å². The number of nitrogens with one attached hydrogen (secondary N) is 1. The van der Waals surface area contributed by atoms with Crippen LogP contribution in [0.5, 0.6) is 5.75 Å². The van der Waals surface area contributed by atoms with Crippen LogP contribution in [0.15, 0.2) is 66.5 Å². The number of benzene rings is 2. The highest BCUT2D eigenvalue weighted by atomic mass is 19.4. The number of alkyl halides is 3. The number of hydrogen-bond acceptors (Lipinski definition) is 3. The van der Waals surface area contributed by atoms with Crippen LogP contribution in [-0.4, -0.2) is 19.6 Å². The summed E-state index contributed by atoms with van der Waals surface area (Å²) in [6, 6.07) is 10.2. The number of carbonyl (C=O) groups is 1. The third-order valence-electron chi connectivity index (χ3n) is 4.47. The number of amides is 1. The molecular formula is C23H20F3NO3. The Labute approximate surface area is 172 Å². The molecule has 0 spiro atoms. The molecule has 1 N–H and O–H groups in total. The highest BCUT2D eigenvalue weighted by Gasteiger charge is 2.32. The van der Waals surface area contributed by atoms with Gasteiger partial charge >= 0.3 is 6.18 Å². The molecule has 1 aliphatic rings. The van der Waals surface area contributed by atoms with Gasteiger partial charge in [-0.2, -0.15) is 13.2 Å². The minimum atomic E-state index is -4.49. The van der Waals surface area contributed by atoms with Gasteiger partial charge in [-0.15, -0.1) is 0 Å². The van der Waals surface area contributed by atoms with Crippen LogP contribution in [0.25, 0.3) is 11.6 Å². The Morgan fingerprint density at radius 2 is 1.93 bits per heavy atom. The molecular weight excluding hydrogens is 395 g/mol. The Morgan fingerprint density at radius 1 is 1.17 bits per heavy atom. The molecule has 1 aliphatic heterocycles. The molecule has 2 aromatic rings. The maximum Gasteiger partial charge on any atom is 0.416 e. The summed E-state index contributed by atoms with van der Waals surface area (Å²) < 4.78 is 50.1. The number of methoxy groups -OCH3 is 1. The van der Waals surface area contributed by atoms with Crippen molar-refractivity contribution in [3.8, 4) is 5.75 Å². The first-order valence-electron chi connectivity index (χ1n) is 9.12. The minimum Gasteiger partial charge on any atom is -0.496 e. The highest BCUT2D eigenvalue weighted by Crippen LogP contribution is 2.33. The average molecular weight is 415 g/mol. The lowest BCUT2D eigenvalue weighted by atomic mass is 10.0. The quantitative estimate of drug-likeness (QED) is 0.639. The van der Waals surface area contributed by atoms with E-state index in [9.17, 15) is 18.0 Å². The van der Waals surface area contributed by atoms with E-state index in [1.54, 1.807) is 18.2 Å². The maximum absolute atomic E-state index is 13.1. The summed E-state index contributed by atoms with van der Waals surface area (Å²) in [7, 11) is 1.52. The van der Waals surface area contributed by atoms with Gasteiger partial charge in [-0.05, 0) is 42.8 Å². The molecule has 7 heteroatoms. The smallest absolute Gasteiger partial charge is 0.416 e. The van der Waals surface area contributed by atoms with E-state index in [0.717, 1.165) is 35.1 Å². The predicted octanol–water partition coefficient (Wildman–Crippen LogP) is 5.68. The van der Waals surface area contributed by atoms with Gasteiger partial charge in [0, 0.05) is 29.0 Å². The van der Waals surface area contributed by atoms with E-state index in [4.69, 9.17) is 9.47 Å². The van der Waals surface area contributed by atoms with E-state index in [2.05, 4.69) is 5.32 Å². The summed E-state index contributed by atoms with van der Waals surface area (Å²) >= 11 is 0. The van der Waals surface area contributed by atoms with Gasteiger partial charge in [0.2, 0.25) is 5.91 Å². The van der Waals surface area contributed by atoms with Crippen molar-refractivity contribution in [3.63, 3.8) is 0 Å². The molecule has 4 nitrogen and oxygen atoms in total. The van der Waals surface area contributed by atoms with E-state index in [1.165, 1.54) is 25.3 Å². The second kappa shape index (κ2) is 8.90. The molecule has 2 aromatic carbocycles. The molecule has 0 aliphatic carbocycles. The minimum absolute atomic E-state index is 0.0827. The first kappa shape index (κ1) is 21.2. The van der Waals surface area contributed by atoms with Crippen LogP contribution < -0.4 is 10.1 Å². The van der Waals surface area contributed by atoms with E-state index in [0.29, 0.717) is 18.0 Å². The second-order valence-electron chi connectivity index (χ2n) is 6.58. The van der Waals surface area contributed by atoms with Crippen molar-refractivity contribution in [3.05, 3.63) is 83.1 Å². The van der Waals surface area contributed by atoms with Crippen LogP contribution in [-0.2, 0) is 15.7 Å². The molecule has 1 amide bonds. The van der Waals surface area contributed by atoms with Crippen LogP contribution in [0.4, 0.5) is 18.9 Å². The Morgan fingerprint density at radius 3 is 2.60 bits per heavy atom. The van der Waals surface area contributed by atoms with E-state index < -0.39 is 17.6 Å². The monoisotopic (exact) mass is 415 g/mol. The fourth-order valence-electron chi connectivity index (χ4n) is 2.96. The van der Waals surface area contributed by atoms with Gasteiger partial charge in [0.1, 0.15) is 12.4 Å². The predicted molar refractivity (Wildman–Crippen MR) is 110 cm³/mol. The highest BCUT2D eigenvalue weighted by molar-refractivity contribution is 6.02. The van der Waals surface area contributed by atoms with Crippen LogP contribution in [0.1, 0.15) is 23.6 Å². The van der Waals surface area contributed by atoms with Crippen molar-refractivity contribution >= 4 is 23.2 Å². The largest absolute Gasteiger partial charge is 0.496 e. The fraction of sp³-hybridized carbons (Fsp3) is 0.174. The number of ether oxygens (including phenoxy) is 2. The van der Waals surface area contributed by atoms with E-state index >= 15 is 0 Å².